The SMILES string of the molecule is CCNC(=O)[C@H](CC)N(Cc1c(Cl)cccc1Cl)C(=O)CCCN(c1cccc(C)c1)S(C)(=O)=O. The van der Waals surface area contributed by atoms with E-state index in [4.69, 9.17) is 23.2 Å². The maximum atomic E-state index is 13.4. The molecule has 0 aromatic heterocycles. The Morgan fingerprint density at radius 2 is 1.69 bits per heavy atom. The molecule has 0 aliphatic carbocycles. The lowest BCUT2D eigenvalue weighted by Crippen LogP contribution is -2.49. The average molecular weight is 543 g/mol. The number of halogens is 2. The molecule has 0 heterocycles. The van der Waals surface area contributed by atoms with Gasteiger partial charge >= 0.3 is 0 Å². The van der Waals surface area contributed by atoms with Crippen molar-refractivity contribution < 1.29 is 18.0 Å². The molecule has 0 fully saturated rings. The second-order valence-corrected chi connectivity index (χ2v) is 11.0. The summed E-state index contributed by atoms with van der Waals surface area (Å²) in [6.45, 7) is 6.17. The Kier molecular flexibility index (Phi) is 10.9. The van der Waals surface area contributed by atoms with Gasteiger partial charge in [-0.1, -0.05) is 48.3 Å². The second-order valence-electron chi connectivity index (χ2n) is 8.32. The molecule has 0 unspecified atom stereocenters. The molecule has 0 aliphatic heterocycles. The summed E-state index contributed by atoms with van der Waals surface area (Å²) in [4.78, 5) is 27.6. The van der Waals surface area contributed by atoms with E-state index in [-0.39, 0.29) is 37.7 Å². The first-order valence-corrected chi connectivity index (χ1v) is 14.1. The van der Waals surface area contributed by atoms with Crippen molar-refractivity contribution in [3.63, 3.8) is 0 Å². The third kappa shape index (κ3) is 8.12. The van der Waals surface area contributed by atoms with Gasteiger partial charge in [0, 0.05) is 41.7 Å². The van der Waals surface area contributed by atoms with E-state index < -0.39 is 16.1 Å². The lowest BCUT2D eigenvalue weighted by atomic mass is 10.1. The van der Waals surface area contributed by atoms with Gasteiger partial charge in [-0.05, 0) is 56.5 Å². The summed E-state index contributed by atoms with van der Waals surface area (Å²) in [5.41, 5.74) is 2.04. The average Bonchev–Trinajstić information content (AvgIpc) is 2.77. The fourth-order valence-corrected chi connectivity index (χ4v) is 5.33. The molecule has 10 heteroatoms. The Labute approximate surface area is 218 Å². The number of anilines is 1. The third-order valence-corrected chi connectivity index (χ3v) is 7.47. The predicted octanol–water partition coefficient (Wildman–Crippen LogP) is 4.79. The van der Waals surface area contributed by atoms with Gasteiger partial charge in [-0.25, -0.2) is 8.42 Å². The van der Waals surface area contributed by atoms with Crippen molar-refractivity contribution in [2.45, 2.75) is 52.6 Å². The molecule has 0 saturated heterocycles. The molecular weight excluding hydrogens is 509 g/mol. The van der Waals surface area contributed by atoms with Crippen LogP contribution in [0.1, 0.15) is 44.2 Å². The minimum atomic E-state index is -3.55. The van der Waals surface area contributed by atoms with E-state index in [0.717, 1.165) is 11.8 Å². The van der Waals surface area contributed by atoms with E-state index in [1.807, 2.05) is 26.8 Å². The van der Waals surface area contributed by atoms with Gasteiger partial charge in [-0.3, -0.25) is 13.9 Å². The highest BCUT2D eigenvalue weighted by atomic mass is 35.5. The van der Waals surface area contributed by atoms with Crippen molar-refractivity contribution in [1.82, 2.24) is 10.2 Å². The number of hydrogen-bond donors (Lipinski definition) is 1. The molecule has 192 valence electrons. The number of amides is 2. The van der Waals surface area contributed by atoms with Gasteiger partial charge in [0.1, 0.15) is 6.04 Å². The van der Waals surface area contributed by atoms with Crippen molar-refractivity contribution in [2.75, 3.05) is 23.7 Å². The molecule has 2 aromatic carbocycles. The van der Waals surface area contributed by atoms with Gasteiger partial charge in [-0.15, -0.1) is 0 Å². The van der Waals surface area contributed by atoms with E-state index in [2.05, 4.69) is 5.32 Å². The predicted molar refractivity (Wildman–Crippen MR) is 142 cm³/mol. The smallest absolute Gasteiger partial charge is 0.242 e. The van der Waals surface area contributed by atoms with E-state index in [1.54, 1.807) is 36.4 Å². The molecule has 2 aromatic rings. The van der Waals surface area contributed by atoms with Crippen LogP contribution in [0.15, 0.2) is 42.5 Å². The normalized spacial score (nSPS) is 12.2. The van der Waals surface area contributed by atoms with Gasteiger partial charge in [0.25, 0.3) is 0 Å². The largest absolute Gasteiger partial charge is 0.355 e. The third-order valence-electron chi connectivity index (χ3n) is 5.57. The molecule has 7 nitrogen and oxygen atoms in total. The number of carbonyl (C=O) groups excluding carboxylic acids is 2. The number of hydrogen-bond acceptors (Lipinski definition) is 4. The van der Waals surface area contributed by atoms with E-state index in [1.165, 1.54) is 9.21 Å². The number of carbonyl (C=O) groups is 2. The van der Waals surface area contributed by atoms with E-state index >= 15 is 0 Å². The number of aryl methyl sites for hydroxylation is 1. The molecule has 1 N–H and O–H groups in total. The van der Waals surface area contributed by atoms with Crippen LogP contribution < -0.4 is 9.62 Å². The lowest BCUT2D eigenvalue weighted by Gasteiger charge is -2.31. The van der Waals surface area contributed by atoms with Gasteiger partial charge in [-0.2, -0.15) is 0 Å². The summed E-state index contributed by atoms with van der Waals surface area (Å²) >= 11 is 12.7. The highest BCUT2D eigenvalue weighted by Crippen LogP contribution is 2.27. The first kappa shape index (κ1) is 28.9. The summed E-state index contributed by atoms with van der Waals surface area (Å²) in [7, 11) is -3.55. The Morgan fingerprint density at radius 3 is 2.23 bits per heavy atom. The molecule has 35 heavy (non-hydrogen) atoms. The van der Waals surface area contributed by atoms with Crippen LogP contribution >= 0.6 is 23.2 Å². The maximum absolute atomic E-state index is 13.4. The monoisotopic (exact) mass is 541 g/mol. The first-order valence-electron chi connectivity index (χ1n) is 11.5. The molecule has 1 atom stereocenters. The van der Waals surface area contributed by atoms with Gasteiger partial charge < -0.3 is 10.2 Å². The quantitative estimate of drug-likeness (QED) is 0.418. The van der Waals surface area contributed by atoms with Crippen LogP contribution in [0.3, 0.4) is 0 Å². The van der Waals surface area contributed by atoms with Crippen LogP contribution in [0.2, 0.25) is 10.0 Å². The van der Waals surface area contributed by atoms with Crippen molar-refractivity contribution in [1.29, 1.82) is 0 Å². The topological polar surface area (TPSA) is 86.8 Å². The van der Waals surface area contributed by atoms with Crippen LogP contribution in [0.25, 0.3) is 0 Å². The molecule has 0 saturated carbocycles. The van der Waals surface area contributed by atoms with Crippen LogP contribution in [-0.4, -0.2) is 50.5 Å². The molecule has 0 aliphatic rings. The minimum absolute atomic E-state index is 0.0514. The fraction of sp³-hybridized carbons (Fsp3) is 0.440. The van der Waals surface area contributed by atoms with Gasteiger partial charge in [0.2, 0.25) is 21.8 Å². The summed E-state index contributed by atoms with van der Waals surface area (Å²) < 4.78 is 26.2. The van der Waals surface area contributed by atoms with E-state index in [9.17, 15) is 18.0 Å². The van der Waals surface area contributed by atoms with Crippen LogP contribution in [-0.2, 0) is 26.2 Å². The molecule has 2 amide bonds. The van der Waals surface area contributed by atoms with Crippen molar-refractivity contribution in [3.05, 3.63) is 63.6 Å². The van der Waals surface area contributed by atoms with Crippen LogP contribution in [0, 0.1) is 6.92 Å². The van der Waals surface area contributed by atoms with Gasteiger partial charge in [0.05, 0.1) is 11.9 Å². The molecule has 0 spiro atoms. The Morgan fingerprint density at radius 1 is 1.06 bits per heavy atom. The standard InChI is InChI=1S/C25H33Cl2N3O4S/c1-5-23(25(32)28-6-2)29(17-20-21(26)12-8-13-22(20)27)24(31)14-9-15-30(35(4,33)34)19-11-7-10-18(3)16-19/h7-8,10-13,16,23H,5-6,9,14-15,17H2,1-4H3,(H,28,32)/t23-/m0/s1. The molecule has 2 rings (SSSR count). The zero-order chi connectivity index (χ0) is 26.2. The highest BCUT2D eigenvalue weighted by molar-refractivity contribution is 7.92. The molecule has 0 radical (unpaired) electrons. The van der Waals surface area contributed by atoms with Crippen LogP contribution in [0.5, 0.6) is 0 Å². The summed E-state index contributed by atoms with van der Waals surface area (Å²) in [6, 6.07) is 11.6. The number of nitrogens with zero attached hydrogens (tertiary/aromatic N) is 2. The minimum Gasteiger partial charge on any atom is -0.355 e. The zero-order valence-electron chi connectivity index (χ0n) is 20.6. The van der Waals surface area contributed by atoms with Crippen molar-refractivity contribution >= 4 is 50.7 Å². The van der Waals surface area contributed by atoms with Crippen molar-refractivity contribution in [2.24, 2.45) is 0 Å². The zero-order valence-corrected chi connectivity index (χ0v) is 22.9. The number of sulfonamides is 1. The fourth-order valence-electron chi connectivity index (χ4n) is 3.85. The summed E-state index contributed by atoms with van der Waals surface area (Å²) in [5.74, 6) is -0.541. The first-order chi connectivity index (χ1) is 16.5. The Balaban J connectivity index is 2.26. The maximum Gasteiger partial charge on any atom is 0.242 e. The summed E-state index contributed by atoms with van der Waals surface area (Å²) in [5, 5.41) is 3.59. The Bertz CT molecular complexity index is 1120. The number of nitrogens with one attached hydrogen (secondary N) is 1. The van der Waals surface area contributed by atoms with Crippen molar-refractivity contribution in [3.8, 4) is 0 Å². The second kappa shape index (κ2) is 13.1. The molecule has 0 bridgehead atoms. The van der Waals surface area contributed by atoms with E-state index in [0.29, 0.717) is 34.3 Å². The van der Waals surface area contributed by atoms with Crippen LogP contribution in [0.4, 0.5) is 5.69 Å². The molecular formula is C25H33Cl2N3O4S. The van der Waals surface area contributed by atoms with Gasteiger partial charge in [0.15, 0.2) is 0 Å². The number of benzene rings is 2. The Hall–Kier alpha value is -2.29. The lowest BCUT2D eigenvalue weighted by molar-refractivity contribution is -0.141. The summed E-state index contributed by atoms with van der Waals surface area (Å²) in [6.07, 6.45) is 1.87. The highest BCUT2D eigenvalue weighted by Gasteiger charge is 2.29. The number of rotatable bonds is 12. The number of likely N-dealkylation sites (N-methyl/N-ethyl adjacent to an activating group) is 1.